The minimum absolute atomic E-state index is 0.767. The van der Waals surface area contributed by atoms with Crippen molar-refractivity contribution in [1.29, 1.82) is 0 Å². The SMILES string of the molecule is c1ccc(-c2cncc(CNCc3cncc(-c4ccccc4)c3)c2)cc1. The molecule has 0 amide bonds. The van der Waals surface area contributed by atoms with Gasteiger partial charge in [-0.25, -0.2) is 0 Å². The van der Waals surface area contributed by atoms with Crippen molar-refractivity contribution in [2.45, 2.75) is 13.1 Å². The van der Waals surface area contributed by atoms with Crippen molar-refractivity contribution in [3.8, 4) is 22.3 Å². The van der Waals surface area contributed by atoms with Gasteiger partial charge in [0.15, 0.2) is 0 Å². The number of nitrogens with one attached hydrogen (secondary N) is 1. The highest BCUT2D eigenvalue weighted by Crippen LogP contribution is 2.20. The summed E-state index contributed by atoms with van der Waals surface area (Å²) >= 11 is 0. The monoisotopic (exact) mass is 351 g/mol. The zero-order chi connectivity index (χ0) is 18.3. The van der Waals surface area contributed by atoms with Gasteiger partial charge in [0, 0.05) is 49.0 Å². The van der Waals surface area contributed by atoms with Crippen LogP contribution in [0.1, 0.15) is 11.1 Å². The minimum atomic E-state index is 0.767. The molecule has 4 aromatic rings. The molecular weight excluding hydrogens is 330 g/mol. The summed E-state index contributed by atoms with van der Waals surface area (Å²) in [5, 5.41) is 3.50. The van der Waals surface area contributed by atoms with Crippen LogP contribution in [0.5, 0.6) is 0 Å². The molecule has 4 rings (SSSR count). The van der Waals surface area contributed by atoms with Gasteiger partial charge in [0.25, 0.3) is 0 Å². The Morgan fingerprint density at radius 1 is 0.519 bits per heavy atom. The molecule has 2 aromatic heterocycles. The molecule has 27 heavy (non-hydrogen) atoms. The zero-order valence-corrected chi connectivity index (χ0v) is 15.0. The summed E-state index contributed by atoms with van der Waals surface area (Å²) in [5.41, 5.74) is 7.00. The second kappa shape index (κ2) is 8.39. The lowest BCUT2D eigenvalue weighted by molar-refractivity contribution is 0.690. The van der Waals surface area contributed by atoms with Crippen LogP contribution < -0.4 is 5.32 Å². The average Bonchev–Trinajstić information content (AvgIpc) is 2.75. The second-order valence-electron chi connectivity index (χ2n) is 6.50. The molecule has 0 spiro atoms. The van der Waals surface area contributed by atoms with E-state index in [0.29, 0.717) is 0 Å². The first-order valence-electron chi connectivity index (χ1n) is 9.08. The second-order valence-corrected chi connectivity index (χ2v) is 6.50. The summed E-state index contributed by atoms with van der Waals surface area (Å²) in [5.74, 6) is 0. The van der Waals surface area contributed by atoms with Gasteiger partial charge in [-0.1, -0.05) is 60.7 Å². The van der Waals surface area contributed by atoms with Gasteiger partial charge < -0.3 is 5.32 Å². The van der Waals surface area contributed by atoms with Gasteiger partial charge in [-0.3, -0.25) is 9.97 Å². The topological polar surface area (TPSA) is 37.8 Å². The highest BCUT2D eigenvalue weighted by Gasteiger charge is 2.02. The summed E-state index contributed by atoms with van der Waals surface area (Å²) < 4.78 is 0. The largest absolute Gasteiger partial charge is 0.309 e. The van der Waals surface area contributed by atoms with Crippen LogP contribution in [0.15, 0.2) is 97.6 Å². The number of benzene rings is 2. The van der Waals surface area contributed by atoms with Gasteiger partial charge in [-0.05, 0) is 34.4 Å². The number of aromatic nitrogens is 2. The van der Waals surface area contributed by atoms with Crippen molar-refractivity contribution in [2.75, 3.05) is 0 Å². The van der Waals surface area contributed by atoms with Crippen molar-refractivity contribution in [3.05, 3.63) is 109 Å². The summed E-state index contributed by atoms with van der Waals surface area (Å²) in [4.78, 5) is 8.78. The maximum Gasteiger partial charge on any atom is 0.0346 e. The van der Waals surface area contributed by atoms with E-state index in [0.717, 1.165) is 24.2 Å². The molecule has 0 unspecified atom stereocenters. The molecule has 0 aliphatic heterocycles. The van der Waals surface area contributed by atoms with Crippen LogP contribution in [-0.2, 0) is 13.1 Å². The fraction of sp³-hybridized carbons (Fsp3) is 0.0833. The molecule has 0 fully saturated rings. The molecule has 3 heteroatoms. The van der Waals surface area contributed by atoms with E-state index in [1.54, 1.807) is 0 Å². The molecule has 132 valence electrons. The van der Waals surface area contributed by atoms with Crippen molar-refractivity contribution >= 4 is 0 Å². The van der Waals surface area contributed by atoms with E-state index in [9.17, 15) is 0 Å². The van der Waals surface area contributed by atoms with Crippen LogP contribution in [0, 0.1) is 0 Å². The lowest BCUT2D eigenvalue weighted by atomic mass is 10.1. The molecule has 0 saturated carbocycles. The predicted molar refractivity (Wildman–Crippen MR) is 110 cm³/mol. The van der Waals surface area contributed by atoms with E-state index < -0.39 is 0 Å². The van der Waals surface area contributed by atoms with Gasteiger partial charge in [-0.15, -0.1) is 0 Å². The lowest BCUT2D eigenvalue weighted by Gasteiger charge is -2.08. The molecule has 0 atom stereocenters. The van der Waals surface area contributed by atoms with Crippen molar-refractivity contribution in [1.82, 2.24) is 15.3 Å². The van der Waals surface area contributed by atoms with Crippen LogP contribution in [0.4, 0.5) is 0 Å². The molecule has 0 aliphatic carbocycles. The van der Waals surface area contributed by atoms with Gasteiger partial charge >= 0.3 is 0 Å². The molecule has 0 radical (unpaired) electrons. The quantitative estimate of drug-likeness (QED) is 0.525. The summed E-state index contributed by atoms with van der Waals surface area (Å²) in [6.45, 7) is 1.53. The van der Waals surface area contributed by atoms with E-state index in [-0.39, 0.29) is 0 Å². The zero-order valence-electron chi connectivity index (χ0n) is 15.0. The maximum absolute atomic E-state index is 4.39. The molecule has 2 heterocycles. The number of rotatable bonds is 6. The van der Waals surface area contributed by atoms with E-state index in [1.165, 1.54) is 22.3 Å². The van der Waals surface area contributed by atoms with Crippen LogP contribution in [0.2, 0.25) is 0 Å². The molecule has 0 bridgehead atoms. The Hall–Kier alpha value is -3.30. The third kappa shape index (κ3) is 4.46. The molecular formula is C24H21N3. The van der Waals surface area contributed by atoms with Crippen LogP contribution in [-0.4, -0.2) is 9.97 Å². The van der Waals surface area contributed by atoms with Gasteiger partial charge in [0.2, 0.25) is 0 Å². The maximum atomic E-state index is 4.39. The number of pyridine rings is 2. The third-order valence-corrected chi connectivity index (χ3v) is 4.46. The normalized spacial score (nSPS) is 10.7. The Balaban J connectivity index is 1.41. The molecule has 2 aromatic carbocycles. The fourth-order valence-electron chi connectivity index (χ4n) is 3.10. The molecule has 0 saturated heterocycles. The first-order chi connectivity index (χ1) is 13.4. The van der Waals surface area contributed by atoms with Gasteiger partial charge in [-0.2, -0.15) is 0 Å². The van der Waals surface area contributed by atoms with Crippen LogP contribution in [0.25, 0.3) is 22.3 Å². The Morgan fingerprint density at radius 3 is 1.41 bits per heavy atom. The highest BCUT2D eigenvalue weighted by molar-refractivity contribution is 5.63. The fourth-order valence-corrected chi connectivity index (χ4v) is 3.10. The Morgan fingerprint density at radius 2 is 0.963 bits per heavy atom. The van der Waals surface area contributed by atoms with Crippen molar-refractivity contribution in [3.63, 3.8) is 0 Å². The van der Waals surface area contributed by atoms with Gasteiger partial charge in [0.05, 0.1) is 0 Å². The lowest BCUT2D eigenvalue weighted by Crippen LogP contribution is -2.13. The van der Waals surface area contributed by atoms with Crippen LogP contribution >= 0.6 is 0 Å². The first kappa shape index (κ1) is 17.1. The Labute approximate surface area is 159 Å². The van der Waals surface area contributed by atoms with Crippen molar-refractivity contribution < 1.29 is 0 Å². The predicted octanol–water partition coefficient (Wildman–Crippen LogP) is 5.10. The summed E-state index contributed by atoms with van der Waals surface area (Å²) in [7, 11) is 0. The van der Waals surface area contributed by atoms with E-state index >= 15 is 0 Å². The van der Waals surface area contributed by atoms with E-state index in [2.05, 4.69) is 51.7 Å². The molecule has 3 nitrogen and oxygen atoms in total. The first-order valence-corrected chi connectivity index (χ1v) is 9.08. The van der Waals surface area contributed by atoms with E-state index in [4.69, 9.17) is 0 Å². The van der Waals surface area contributed by atoms with Crippen molar-refractivity contribution in [2.24, 2.45) is 0 Å². The average molecular weight is 351 g/mol. The van der Waals surface area contributed by atoms with Gasteiger partial charge in [0.1, 0.15) is 0 Å². The summed E-state index contributed by atoms with van der Waals surface area (Å²) in [6, 6.07) is 25.1. The smallest absolute Gasteiger partial charge is 0.0346 e. The van der Waals surface area contributed by atoms with Crippen LogP contribution in [0.3, 0.4) is 0 Å². The molecule has 0 aliphatic rings. The number of nitrogens with zero attached hydrogens (tertiary/aromatic N) is 2. The summed E-state index contributed by atoms with van der Waals surface area (Å²) in [6.07, 6.45) is 7.65. The molecule has 1 N–H and O–H groups in total. The highest BCUT2D eigenvalue weighted by atomic mass is 14.9. The number of hydrogen-bond donors (Lipinski definition) is 1. The minimum Gasteiger partial charge on any atom is -0.309 e. The number of hydrogen-bond acceptors (Lipinski definition) is 3. The Bertz CT molecular complexity index is 915. The Kier molecular flexibility index (Phi) is 5.32. The van der Waals surface area contributed by atoms with E-state index in [1.807, 2.05) is 61.2 Å². The standard InChI is InChI=1S/C24H21N3/c1-3-7-21(8-4-1)23-11-19(15-26-17-23)13-25-14-20-12-24(18-27-16-20)22-9-5-2-6-10-22/h1-12,15-18,25H,13-14H2. The third-order valence-electron chi connectivity index (χ3n) is 4.46.